The Bertz CT molecular complexity index is 1100. The smallest absolute Gasteiger partial charge is 0.282 e. The lowest BCUT2D eigenvalue weighted by Crippen LogP contribution is -2.19. The van der Waals surface area contributed by atoms with Gasteiger partial charge in [-0.2, -0.15) is 5.10 Å². The van der Waals surface area contributed by atoms with E-state index in [-0.39, 0.29) is 43.9 Å². The van der Waals surface area contributed by atoms with Crippen LogP contribution >= 0.6 is 15.9 Å². The van der Waals surface area contributed by atoms with Gasteiger partial charge < -0.3 is 0 Å². The molecule has 0 saturated heterocycles. The molecule has 6 nitrogen and oxygen atoms in total. The highest BCUT2D eigenvalue weighted by molar-refractivity contribution is 9.10. The molecule has 2 aromatic heterocycles. The van der Waals surface area contributed by atoms with Gasteiger partial charge in [0.1, 0.15) is 11.2 Å². The molecule has 0 aliphatic heterocycles. The van der Waals surface area contributed by atoms with Gasteiger partial charge in [-0.1, -0.05) is 28.1 Å². The van der Waals surface area contributed by atoms with Gasteiger partial charge in [0.15, 0.2) is 5.52 Å². The first-order valence-corrected chi connectivity index (χ1v) is 8.74. The largest absolute Gasteiger partial charge is 0.294 e. The Kier molecular flexibility index (Phi) is 3.98. The van der Waals surface area contributed by atoms with Gasteiger partial charge in [-0.25, -0.2) is 13.8 Å². The second kappa shape index (κ2) is 6.08. The number of aromatic nitrogens is 4. The van der Waals surface area contributed by atoms with Crippen molar-refractivity contribution in [3.63, 3.8) is 0 Å². The molecule has 9 heteroatoms. The third-order valence-corrected chi connectivity index (χ3v) is 5.11. The highest BCUT2D eigenvalue weighted by atomic mass is 79.9. The maximum atomic E-state index is 12.9. The number of aryl methyl sites for hydroxylation is 1. The predicted molar refractivity (Wildman–Crippen MR) is 93.6 cm³/mol. The fourth-order valence-corrected chi connectivity index (χ4v) is 3.47. The van der Waals surface area contributed by atoms with Crippen LogP contribution in [-0.2, 0) is 7.05 Å². The first kappa shape index (κ1) is 17.0. The molecule has 1 aliphatic carbocycles. The molecule has 4 rings (SSSR count). The van der Waals surface area contributed by atoms with E-state index in [1.807, 2.05) is 0 Å². The maximum Gasteiger partial charge on any atom is 0.282 e. The number of halogens is 3. The molecular weight excluding hydrogens is 410 g/mol. The molecule has 134 valence electrons. The van der Waals surface area contributed by atoms with Crippen molar-refractivity contribution in [3.8, 4) is 0 Å². The van der Waals surface area contributed by atoms with Crippen LogP contribution in [0.2, 0.25) is 0 Å². The maximum absolute atomic E-state index is 12.9. The minimum absolute atomic E-state index is 0.133. The van der Waals surface area contributed by atoms with Gasteiger partial charge in [0.05, 0.1) is 6.33 Å². The molecular formula is C17H13BrF2N4O2. The summed E-state index contributed by atoms with van der Waals surface area (Å²) < 4.78 is 28.8. The Morgan fingerprint density at radius 3 is 2.65 bits per heavy atom. The first-order valence-electron chi connectivity index (χ1n) is 7.94. The Labute approximate surface area is 154 Å². The summed E-state index contributed by atoms with van der Waals surface area (Å²) in [5, 5.41) is 4.17. The van der Waals surface area contributed by atoms with Gasteiger partial charge >= 0.3 is 0 Å². The quantitative estimate of drug-likeness (QED) is 0.604. The molecule has 1 aromatic carbocycles. The molecule has 26 heavy (non-hydrogen) atoms. The fourth-order valence-electron chi connectivity index (χ4n) is 2.92. The zero-order chi connectivity index (χ0) is 18.6. The fraction of sp³-hybridized carbons (Fsp3) is 0.294. The van der Waals surface area contributed by atoms with E-state index in [4.69, 9.17) is 0 Å². The van der Waals surface area contributed by atoms with Crippen LogP contribution < -0.4 is 5.56 Å². The van der Waals surface area contributed by atoms with Crippen molar-refractivity contribution in [2.45, 2.75) is 25.3 Å². The van der Waals surface area contributed by atoms with Gasteiger partial charge in [-0.3, -0.25) is 18.8 Å². The number of rotatable bonds is 4. The van der Waals surface area contributed by atoms with Gasteiger partial charge in [0, 0.05) is 28.7 Å². The number of fused-ring (bicyclic) bond motifs is 1. The summed E-state index contributed by atoms with van der Waals surface area (Å²) in [4.78, 5) is 29.7. The number of hydrogen-bond acceptors (Lipinski definition) is 4. The summed E-state index contributed by atoms with van der Waals surface area (Å²) in [5.41, 5.74) is 0.237. The second-order valence-electron chi connectivity index (χ2n) is 6.22. The van der Waals surface area contributed by atoms with Crippen LogP contribution in [0.1, 0.15) is 46.9 Å². The predicted octanol–water partition coefficient (Wildman–Crippen LogP) is 3.40. The van der Waals surface area contributed by atoms with Crippen molar-refractivity contribution >= 4 is 32.7 Å². The first-order chi connectivity index (χ1) is 12.4. The lowest BCUT2D eigenvalue weighted by Gasteiger charge is -2.07. The molecule has 2 heterocycles. The summed E-state index contributed by atoms with van der Waals surface area (Å²) in [6, 6.07) is 4.03. The minimum atomic E-state index is -2.64. The van der Waals surface area contributed by atoms with Gasteiger partial charge in [-0.15, -0.1) is 0 Å². The van der Waals surface area contributed by atoms with Crippen molar-refractivity contribution < 1.29 is 13.6 Å². The van der Waals surface area contributed by atoms with Crippen LogP contribution in [-0.4, -0.2) is 25.1 Å². The van der Waals surface area contributed by atoms with Crippen molar-refractivity contribution in [2.24, 2.45) is 7.05 Å². The standard InChI is InChI=1S/C17H13BrF2N4O2/c1-23-14(15(25)8-2-5-10(16(19)20)11(18)6-8)12-13(22-23)17(26)24(7-21-12)9-3-4-9/h2,5-7,9,16H,3-4H2,1H3. The second-order valence-corrected chi connectivity index (χ2v) is 7.08. The summed E-state index contributed by atoms with van der Waals surface area (Å²) in [6.45, 7) is 0. The summed E-state index contributed by atoms with van der Waals surface area (Å²) in [6.07, 6.45) is 0.650. The topological polar surface area (TPSA) is 69.8 Å². The highest BCUT2D eigenvalue weighted by Crippen LogP contribution is 2.33. The minimum Gasteiger partial charge on any atom is -0.294 e. The molecule has 0 N–H and O–H groups in total. The number of carbonyl (C=O) groups is 1. The number of ketones is 1. The average molecular weight is 423 g/mol. The van der Waals surface area contributed by atoms with Crippen molar-refractivity contribution in [1.29, 1.82) is 0 Å². The van der Waals surface area contributed by atoms with E-state index in [9.17, 15) is 18.4 Å². The molecule has 0 bridgehead atoms. The highest BCUT2D eigenvalue weighted by Gasteiger charge is 2.28. The van der Waals surface area contributed by atoms with Crippen LogP contribution in [0, 0.1) is 0 Å². The summed E-state index contributed by atoms with van der Waals surface area (Å²) in [5.74, 6) is -0.437. The van der Waals surface area contributed by atoms with E-state index >= 15 is 0 Å². The monoisotopic (exact) mass is 422 g/mol. The van der Waals surface area contributed by atoms with E-state index in [0.717, 1.165) is 12.8 Å². The molecule has 1 saturated carbocycles. The van der Waals surface area contributed by atoms with Crippen molar-refractivity contribution in [2.75, 3.05) is 0 Å². The molecule has 3 aromatic rings. The SMILES string of the molecule is Cn1nc2c(=O)n(C3CC3)cnc2c1C(=O)c1ccc(C(F)F)c(Br)c1. The van der Waals surface area contributed by atoms with Crippen molar-refractivity contribution in [1.82, 2.24) is 19.3 Å². The van der Waals surface area contributed by atoms with Crippen LogP contribution in [0.5, 0.6) is 0 Å². The van der Waals surface area contributed by atoms with Crippen LogP contribution in [0.3, 0.4) is 0 Å². The number of hydrogen-bond donors (Lipinski definition) is 0. The summed E-state index contributed by atoms with van der Waals surface area (Å²) >= 11 is 3.07. The van der Waals surface area contributed by atoms with E-state index < -0.39 is 12.2 Å². The van der Waals surface area contributed by atoms with Gasteiger partial charge in [0.2, 0.25) is 5.78 Å². The zero-order valence-electron chi connectivity index (χ0n) is 13.6. The Morgan fingerprint density at radius 1 is 1.31 bits per heavy atom. The number of nitrogens with zero attached hydrogens (tertiary/aromatic N) is 4. The normalized spacial score (nSPS) is 14.3. The van der Waals surface area contributed by atoms with Crippen LogP contribution in [0.4, 0.5) is 8.78 Å². The average Bonchev–Trinajstić information content (AvgIpc) is 3.37. The van der Waals surface area contributed by atoms with Crippen LogP contribution in [0.15, 0.2) is 33.8 Å². The van der Waals surface area contributed by atoms with Crippen molar-refractivity contribution in [3.05, 3.63) is 56.2 Å². The van der Waals surface area contributed by atoms with E-state index in [0.29, 0.717) is 0 Å². The van der Waals surface area contributed by atoms with Gasteiger partial charge in [0.25, 0.3) is 12.0 Å². The molecule has 0 spiro atoms. The number of alkyl halides is 2. The molecule has 1 aliphatic rings. The van der Waals surface area contributed by atoms with Gasteiger partial charge in [-0.05, 0) is 18.9 Å². The lowest BCUT2D eigenvalue weighted by atomic mass is 10.1. The molecule has 0 unspecified atom stereocenters. The summed E-state index contributed by atoms with van der Waals surface area (Å²) in [7, 11) is 1.55. The third-order valence-electron chi connectivity index (χ3n) is 4.42. The Balaban J connectivity index is 1.82. The number of carbonyl (C=O) groups excluding carboxylic acids is 1. The Hall–Kier alpha value is -2.42. The van der Waals surface area contributed by atoms with E-state index in [2.05, 4.69) is 26.0 Å². The third kappa shape index (κ3) is 2.66. The molecule has 0 atom stereocenters. The molecule has 1 fully saturated rings. The zero-order valence-corrected chi connectivity index (χ0v) is 15.2. The van der Waals surface area contributed by atoms with E-state index in [1.165, 1.54) is 33.8 Å². The number of benzene rings is 1. The van der Waals surface area contributed by atoms with E-state index in [1.54, 1.807) is 7.05 Å². The Morgan fingerprint density at radius 2 is 2.04 bits per heavy atom. The molecule has 0 radical (unpaired) electrons. The molecule has 0 amide bonds. The lowest BCUT2D eigenvalue weighted by molar-refractivity contribution is 0.103. The van der Waals surface area contributed by atoms with Crippen LogP contribution in [0.25, 0.3) is 11.0 Å².